The van der Waals surface area contributed by atoms with Crippen molar-refractivity contribution in [1.82, 2.24) is 5.32 Å². The minimum atomic E-state index is 0.164. The molecule has 3 nitrogen and oxygen atoms in total. The van der Waals surface area contributed by atoms with Crippen LogP contribution in [0.1, 0.15) is 50.3 Å². The van der Waals surface area contributed by atoms with Crippen molar-refractivity contribution in [1.29, 1.82) is 0 Å². The van der Waals surface area contributed by atoms with E-state index in [4.69, 9.17) is 9.47 Å². The maximum atomic E-state index is 6.29. The van der Waals surface area contributed by atoms with Crippen molar-refractivity contribution in [2.45, 2.75) is 57.2 Å². The first-order valence-electron chi connectivity index (χ1n) is 7.77. The molecule has 0 aromatic heterocycles. The molecule has 0 bridgehead atoms. The average Bonchev–Trinajstić information content (AvgIpc) is 2.53. The first kappa shape index (κ1) is 13.9. The topological polar surface area (TPSA) is 30.5 Å². The zero-order valence-electron chi connectivity index (χ0n) is 12.7. The molecule has 1 fully saturated rings. The molecule has 2 aliphatic rings. The van der Waals surface area contributed by atoms with Gasteiger partial charge < -0.3 is 14.8 Å². The van der Waals surface area contributed by atoms with Crippen molar-refractivity contribution in [2.24, 2.45) is 0 Å². The fraction of sp³-hybridized carbons (Fsp3) is 0.647. The molecular weight excluding hydrogens is 250 g/mol. The highest BCUT2D eigenvalue weighted by Crippen LogP contribution is 2.39. The molecule has 1 aliphatic carbocycles. The summed E-state index contributed by atoms with van der Waals surface area (Å²) in [6.45, 7) is 5.30. The molecule has 2 unspecified atom stereocenters. The average molecular weight is 275 g/mol. The van der Waals surface area contributed by atoms with E-state index in [1.807, 2.05) is 0 Å². The van der Waals surface area contributed by atoms with Crippen LogP contribution in [0, 0.1) is 0 Å². The zero-order chi connectivity index (χ0) is 14.2. The fourth-order valence-corrected chi connectivity index (χ4v) is 3.57. The molecule has 0 radical (unpaired) electrons. The molecule has 1 aromatic rings. The van der Waals surface area contributed by atoms with Gasteiger partial charge >= 0.3 is 0 Å². The van der Waals surface area contributed by atoms with Crippen LogP contribution in [0.3, 0.4) is 0 Å². The molecular formula is C17H25NO2. The van der Waals surface area contributed by atoms with Gasteiger partial charge in [-0.15, -0.1) is 0 Å². The van der Waals surface area contributed by atoms with Gasteiger partial charge in [0.2, 0.25) is 0 Å². The Kier molecular flexibility index (Phi) is 3.74. The molecule has 3 heteroatoms. The van der Waals surface area contributed by atoms with Crippen LogP contribution in [0.2, 0.25) is 0 Å². The van der Waals surface area contributed by atoms with Crippen LogP contribution in [0.15, 0.2) is 18.2 Å². The zero-order valence-corrected chi connectivity index (χ0v) is 12.7. The van der Waals surface area contributed by atoms with Crippen LogP contribution in [-0.2, 0) is 11.2 Å². The Morgan fingerprint density at radius 2 is 2.15 bits per heavy atom. The van der Waals surface area contributed by atoms with Gasteiger partial charge in [0.05, 0.1) is 19.8 Å². The van der Waals surface area contributed by atoms with E-state index in [-0.39, 0.29) is 11.6 Å². The minimum Gasteiger partial charge on any atom is -0.497 e. The lowest BCUT2D eigenvalue weighted by molar-refractivity contribution is -0.0733. The normalized spacial score (nSPS) is 27.6. The highest BCUT2D eigenvalue weighted by Gasteiger charge is 2.41. The third kappa shape index (κ3) is 2.23. The summed E-state index contributed by atoms with van der Waals surface area (Å²) in [5.74, 6) is 0.927. The Bertz CT molecular complexity index is 482. The number of nitrogens with one attached hydrogen (secondary N) is 1. The predicted octanol–water partition coefficient (Wildman–Crippen LogP) is 3.23. The molecule has 1 aromatic carbocycles. The Labute approximate surface area is 121 Å². The van der Waals surface area contributed by atoms with Crippen molar-refractivity contribution in [3.63, 3.8) is 0 Å². The summed E-state index contributed by atoms with van der Waals surface area (Å²) in [4.78, 5) is 0. The lowest BCUT2D eigenvalue weighted by Gasteiger charge is -2.47. The van der Waals surface area contributed by atoms with Crippen LogP contribution in [-0.4, -0.2) is 25.3 Å². The van der Waals surface area contributed by atoms with Crippen molar-refractivity contribution >= 4 is 0 Å². The third-order valence-corrected chi connectivity index (χ3v) is 5.13. The van der Waals surface area contributed by atoms with E-state index >= 15 is 0 Å². The number of benzene rings is 1. The van der Waals surface area contributed by atoms with Crippen LogP contribution >= 0.6 is 0 Å². The van der Waals surface area contributed by atoms with E-state index < -0.39 is 0 Å². The highest BCUT2D eigenvalue weighted by atomic mass is 16.5. The molecule has 110 valence electrons. The van der Waals surface area contributed by atoms with Crippen molar-refractivity contribution in [3.05, 3.63) is 29.3 Å². The maximum absolute atomic E-state index is 6.29. The van der Waals surface area contributed by atoms with Gasteiger partial charge in [-0.1, -0.05) is 19.9 Å². The van der Waals surface area contributed by atoms with Gasteiger partial charge in [-0.25, -0.2) is 0 Å². The van der Waals surface area contributed by atoms with Crippen molar-refractivity contribution in [3.8, 4) is 5.75 Å². The number of ether oxygens (including phenoxy) is 2. The third-order valence-electron chi connectivity index (χ3n) is 5.13. The van der Waals surface area contributed by atoms with E-state index in [2.05, 4.69) is 37.4 Å². The monoisotopic (exact) mass is 275 g/mol. The smallest absolute Gasteiger partial charge is 0.119 e. The highest BCUT2D eigenvalue weighted by molar-refractivity contribution is 5.40. The molecule has 1 saturated heterocycles. The van der Waals surface area contributed by atoms with Crippen molar-refractivity contribution < 1.29 is 9.47 Å². The summed E-state index contributed by atoms with van der Waals surface area (Å²) in [6.07, 6.45) is 4.71. The number of hydrogen-bond acceptors (Lipinski definition) is 3. The summed E-state index contributed by atoms with van der Waals surface area (Å²) in [5, 5.41) is 3.88. The Morgan fingerprint density at radius 1 is 1.35 bits per heavy atom. The standard InChI is InChI=1S/C17H25NO2/c1-4-17(5-2)11-20-16-14-10-13(19-3)8-6-12(14)7-9-15(16)18-17/h6,8,10,15-16,18H,4-5,7,9,11H2,1-3H3. The second-order valence-electron chi connectivity index (χ2n) is 6.07. The number of morpholine rings is 1. The quantitative estimate of drug-likeness (QED) is 0.918. The van der Waals surface area contributed by atoms with Gasteiger partial charge in [0, 0.05) is 11.6 Å². The molecule has 1 heterocycles. The van der Waals surface area contributed by atoms with Gasteiger partial charge in [0.25, 0.3) is 0 Å². The Balaban J connectivity index is 1.88. The van der Waals surface area contributed by atoms with E-state index in [9.17, 15) is 0 Å². The van der Waals surface area contributed by atoms with E-state index in [0.29, 0.717) is 6.04 Å². The largest absolute Gasteiger partial charge is 0.497 e. The summed E-state index contributed by atoms with van der Waals surface area (Å²) >= 11 is 0. The number of methoxy groups -OCH3 is 1. The predicted molar refractivity (Wildman–Crippen MR) is 80.2 cm³/mol. The molecule has 20 heavy (non-hydrogen) atoms. The summed E-state index contributed by atoms with van der Waals surface area (Å²) in [6, 6.07) is 6.83. The summed E-state index contributed by atoms with van der Waals surface area (Å²) in [5.41, 5.74) is 2.89. The maximum Gasteiger partial charge on any atom is 0.119 e. The van der Waals surface area contributed by atoms with Gasteiger partial charge in [0.1, 0.15) is 5.75 Å². The summed E-state index contributed by atoms with van der Waals surface area (Å²) in [7, 11) is 1.72. The molecule has 0 spiro atoms. The fourth-order valence-electron chi connectivity index (χ4n) is 3.57. The van der Waals surface area contributed by atoms with Crippen LogP contribution in [0.25, 0.3) is 0 Å². The molecule has 2 atom stereocenters. The molecule has 3 rings (SSSR count). The van der Waals surface area contributed by atoms with E-state index in [1.54, 1.807) is 7.11 Å². The van der Waals surface area contributed by atoms with E-state index in [1.165, 1.54) is 11.1 Å². The summed E-state index contributed by atoms with van der Waals surface area (Å²) < 4.78 is 11.7. The lowest BCUT2D eigenvalue weighted by Crippen LogP contribution is -2.60. The van der Waals surface area contributed by atoms with Gasteiger partial charge in [0.15, 0.2) is 0 Å². The van der Waals surface area contributed by atoms with E-state index in [0.717, 1.165) is 38.0 Å². The van der Waals surface area contributed by atoms with Crippen LogP contribution in [0.4, 0.5) is 0 Å². The lowest BCUT2D eigenvalue weighted by atomic mass is 9.81. The number of aryl methyl sites for hydroxylation is 1. The molecule has 0 saturated carbocycles. The van der Waals surface area contributed by atoms with Gasteiger partial charge in [-0.05, 0) is 48.9 Å². The first-order valence-corrected chi connectivity index (χ1v) is 7.77. The number of fused-ring (bicyclic) bond motifs is 3. The second-order valence-corrected chi connectivity index (χ2v) is 6.07. The van der Waals surface area contributed by atoms with Crippen molar-refractivity contribution in [2.75, 3.05) is 13.7 Å². The Hall–Kier alpha value is -1.06. The second kappa shape index (κ2) is 5.38. The van der Waals surface area contributed by atoms with Gasteiger partial charge in [-0.3, -0.25) is 0 Å². The number of hydrogen-bond donors (Lipinski definition) is 1. The first-order chi connectivity index (χ1) is 9.71. The van der Waals surface area contributed by atoms with Crippen LogP contribution < -0.4 is 10.1 Å². The van der Waals surface area contributed by atoms with Crippen LogP contribution in [0.5, 0.6) is 5.75 Å². The minimum absolute atomic E-state index is 0.164. The molecule has 0 amide bonds. The SMILES string of the molecule is CCC1(CC)COC2c3cc(OC)ccc3CCC2N1. The Morgan fingerprint density at radius 3 is 2.85 bits per heavy atom. The number of rotatable bonds is 3. The molecule has 1 aliphatic heterocycles. The molecule has 1 N–H and O–H groups in total. The van der Waals surface area contributed by atoms with Gasteiger partial charge in [-0.2, -0.15) is 0 Å².